The number of anilines is 1. The van der Waals surface area contributed by atoms with Crippen LogP contribution in [0.4, 0.5) is 10.3 Å². The van der Waals surface area contributed by atoms with Gasteiger partial charge in [-0.15, -0.1) is 0 Å². The van der Waals surface area contributed by atoms with Gasteiger partial charge in [0.25, 0.3) is 5.91 Å². The van der Waals surface area contributed by atoms with Crippen LogP contribution in [-0.2, 0) is 16.1 Å². The quantitative estimate of drug-likeness (QED) is 0.533. The van der Waals surface area contributed by atoms with Crippen molar-refractivity contribution >= 4 is 11.9 Å². The van der Waals surface area contributed by atoms with E-state index in [0.717, 1.165) is 42.5 Å². The zero-order valence-corrected chi connectivity index (χ0v) is 21.6. The Morgan fingerprint density at radius 2 is 1.89 bits per heavy atom. The molecule has 2 heterocycles. The Kier molecular flexibility index (Phi) is 8.57. The van der Waals surface area contributed by atoms with Crippen molar-refractivity contribution in [2.45, 2.75) is 76.1 Å². The number of amides is 1. The van der Waals surface area contributed by atoms with E-state index in [1.807, 2.05) is 42.2 Å². The standard InChI is InChI=1S/C28H40FN5O2/c1-27(13-16-30,23-6-4-3-5-7-23)33-25(35)28(29)14-18-34(19-15-28)26-31-17-12-24(32-26)22-10-8-21(9-11-22)20-36-2/h8-12,17,23H,3-7,13-16,18-20,30H2,1-2H3,(H,33,35). The summed E-state index contributed by atoms with van der Waals surface area (Å²) in [6.45, 7) is 3.86. The highest BCUT2D eigenvalue weighted by atomic mass is 19.1. The van der Waals surface area contributed by atoms with Gasteiger partial charge >= 0.3 is 0 Å². The fraction of sp³-hybridized carbons (Fsp3) is 0.607. The normalized spacial score (nSPS) is 20.1. The van der Waals surface area contributed by atoms with Crippen LogP contribution in [-0.4, -0.2) is 53.8 Å². The molecule has 0 bridgehead atoms. The molecule has 2 fully saturated rings. The summed E-state index contributed by atoms with van der Waals surface area (Å²) < 4.78 is 21.1. The summed E-state index contributed by atoms with van der Waals surface area (Å²) in [6.07, 6.45) is 8.29. The van der Waals surface area contributed by atoms with Crippen molar-refractivity contribution in [2.75, 3.05) is 31.6 Å². The molecule has 3 N–H and O–H groups in total. The van der Waals surface area contributed by atoms with Gasteiger partial charge in [-0.1, -0.05) is 43.5 Å². The number of halogens is 1. The van der Waals surface area contributed by atoms with Gasteiger partial charge < -0.3 is 20.7 Å². The first-order valence-electron chi connectivity index (χ1n) is 13.2. The van der Waals surface area contributed by atoms with Gasteiger partial charge in [0.2, 0.25) is 5.95 Å². The number of benzene rings is 1. The van der Waals surface area contributed by atoms with Gasteiger partial charge in [0.1, 0.15) is 0 Å². The van der Waals surface area contributed by atoms with Gasteiger partial charge in [-0.05, 0) is 50.3 Å². The molecule has 1 unspecified atom stereocenters. The van der Waals surface area contributed by atoms with Crippen LogP contribution in [0.25, 0.3) is 11.3 Å². The lowest BCUT2D eigenvalue weighted by molar-refractivity contribution is -0.137. The maximum absolute atomic E-state index is 15.9. The summed E-state index contributed by atoms with van der Waals surface area (Å²) in [5.41, 5.74) is 6.43. The molecule has 1 aliphatic carbocycles. The first kappa shape index (κ1) is 26.5. The molecule has 7 nitrogen and oxygen atoms in total. The molecule has 2 aliphatic rings. The molecule has 1 atom stereocenters. The molecule has 1 amide bonds. The molecule has 196 valence electrons. The number of aromatic nitrogens is 2. The second-order valence-corrected chi connectivity index (χ2v) is 10.6. The largest absolute Gasteiger partial charge is 0.380 e. The van der Waals surface area contributed by atoms with Crippen molar-refractivity contribution in [3.8, 4) is 11.3 Å². The van der Waals surface area contributed by atoms with Gasteiger partial charge in [0.05, 0.1) is 12.3 Å². The molecule has 1 saturated heterocycles. The van der Waals surface area contributed by atoms with Crippen LogP contribution in [0.2, 0.25) is 0 Å². The van der Waals surface area contributed by atoms with Gasteiger partial charge in [-0.3, -0.25) is 4.79 Å². The van der Waals surface area contributed by atoms with E-state index in [4.69, 9.17) is 15.5 Å². The van der Waals surface area contributed by atoms with E-state index in [9.17, 15) is 4.79 Å². The average Bonchev–Trinajstić information content (AvgIpc) is 2.90. The van der Waals surface area contributed by atoms with E-state index in [0.29, 0.717) is 44.5 Å². The number of carbonyl (C=O) groups is 1. The molecule has 0 radical (unpaired) electrons. The molecule has 8 heteroatoms. The fourth-order valence-electron chi connectivity index (χ4n) is 5.67. The molecule has 1 aromatic carbocycles. The Labute approximate surface area is 214 Å². The lowest BCUT2D eigenvalue weighted by Gasteiger charge is -2.43. The molecule has 1 saturated carbocycles. The first-order valence-corrected chi connectivity index (χ1v) is 13.2. The van der Waals surface area contributed by atoms with Crippen LogP contribution < -0.4 is 16.0 Å². The smallest absolute Gasteiger partial charge is 0.258 e. The number of rotatable bonds is 9. The maximum Gasteiger partial charge on any atom is 0.258 e. The summed E-state index contributed by atoms with van der Waals surface area (Å²) in [6, 6.07) is 9.93. The predicted octanol–water partition coefficient (Wildman–Crippen LogP) is 4.40. The van der Waals surface area contributed by atoms with Crippen molar-refractivity contribution in [2.24, 2.45) is 11.7 Å². The van der Waals surface area contributed by atoms with Crippen molar-refractivity contribution < 1.29 is 13.9 Å². The summed E-state index contributed by atoms with van der Waals surface area (Å²) >= 11 is 0. The van der Waals surface area contributed by atoms with Crippen LogP contribution in [0.3, 0.4) is 0 Å². The van der Waals surface area contributed by atoms with E-state index in [2.05, 4.69) is 10.3 Å². The van der Waals surface area contributed by atoms with E-state index >= 15 is 4.39 Å². The van der Waals surface area contributed by atoms with Crippen molar-refractivity contribution in [1.29, 1.82) is 0 Å². The monoisotopic (exact) mass is 497 g/mol. The molecule has 4 rings (SSSR count). The lowest BCUT2D eigenvalue weighted by Crippen LogP contribution is -2.60. The molecule has 36 heavy (non-hydrogen) atoms. The molecular weight excluding hydrogens is 457 g/mol. The van der Waals surface area contributed by atoms with E-state index in [1.54, 1.807) is 13.3 Å². The Bertz CT molecular complexity index is 1000. The molecular formula is C28H40FN5O2. The van der Waals surface area contributed by atoms with Gasteiger partial charge in [0, 0.05) is 50.3 Å². The third-order valence-electron chi connectivity index (χ3n) is 8.02. The Morgan fingerprint density at radius 3 is 2.53 bits per heavy atom. The third-order valence-corrected chi connectivity index (χ3v) is 8.02. The number of piperidine rings is 1. The second-order valence-electron chi connectivity index (χ2n) is 10.6. The minimum absolute atomic E-state index is 0.113. The minimum atomic E-state index is -1.89. The SMILES string of the molecule is COCc1ccc(-c2ccnc(N3CCC(F)(C(=O)NC(C)(CCN)C4CCCCC4)CC3)n2)cc1. The van der Waals surface area contributed by atoms with Crippen LogP contribution >= 0.6 is 0 Å². The number of ether oxygens (including phenoxy) is 1. The van der Waals surface area contributed by atoms with E-state index in [1.165, 1.54) is 6.42 Å². The number of nitrogens with zero attached hydrogens (tertiary/aromatic N) is 3. The highest BCUT2D eigenvalue weighted by Crippen LogP contribution is 2.36. The second kappa shape index (κ2) is 11.6. The molecule has 1 aliphatic heterocycles. The summed E-state index contributed by atoms with van der Waals surface area (Å²) in [5, 5.41) is 3.12. The minimum Gasteiger partial charge on any atom is -0.380 e. The van der Waals surface area contributed by atoms with Gasteiger partial charge in [0.15, 0.2) is 5.67 Å². The summed E-state index contributed by atoms with van der Waals surface area (Å²) in [5.74, 6) is 0.419. The highest BCUT2D eigenvalue weighted by molar-refractivity contribution is 5.86. The Hall–Kier alpha value is -2.58. The Morgan fingerprint density at radius 1 is 1.19 bits per heavy atom. The summed E-state index contributed by atoms with van der Waals surface area (Å²) in [7, 11) is 1.68. The first-order chi connectivity index (χ1) is 17.4. The number of nitrogens with two attached hydrogens (primary N) is 1. The number of carbonyl (C=O) groups excluding carboxylic acids is 1. The number of methoxy groups -OCH3 is 1. The van der Waals surface area contributed by atoms with Gasteiger partial charge in [-0.25, -0.2) is 14.4 Å². The highest BCUT2D eigenvalue weighted by Gasteiger charge is 2.46. The topological polar surface area (TPSA) is 93.4 Å². The lowest BCUT2D eigenvalue weighted by atomic mass is 9.73. The van der Waals surface area contributed by atoms with E-state index in [-0.39, 0.29) is 12.8 Å². The van der Waals surface area contributed by atoms with Crippen molar-refractivity contribution in [3.63, 3.8) is 0 Å². The number of alkyl halides is 1. The predicted molar refractivity (Wildman–Crippen MR) is 140 cm³/mol. The number of hydrogen-bond acceptors (Lipinski definition) is 6. The van der Waals surface area contributed by atoms with Crippen molar-refractivity contribution in [3.05, 3.63) is 42.1 Å². The molecule has 1 aromatic heterocycles. The zero-order valence-electron chi connectivity index (χ0n) is 21.6. The Balaban J connectivity index is 1.40. The number of hydrogen-bond donors (Lipinski definition) is 2. The molecule has 0 spiro atoms. The third kappa shape index (κ3) is 6.03. The van der Waals surface area contributed by atoms with Gasteiger partial charge in [-0.2, -0.15) is 0 Å². The van der Waals surface area contributed by atoms with Crippen LogP contribution in [0.1, 0.15) is 63.9 Å². The fourth-order valence-corrected chi connectivity index (χ4v) is 5.67. The zero-order chi connectivity index (χ0) is 25.6. The van der Waals surface area contributed by atoms with Crippen LogP contribution in [0.5, 0.6) is 0 Å². The number of nitrogens with one attached hydrogen (secondary N) is 1. The van der Waals surface area contributed by atoms with Crippen LogP contribution in [0, 0.1) is 5.92 Å². The average molecular weight is 498 g/mol. The van der Waals surface area contributed by atoms with Crippen LogP contribution in [0.15, 0.2) is 36.5 Å². The van der Waals surface area contributed by atoms with Crippen molar-refractivity contribution in [1.82, 2.24) is 15.3 Å². The maximum atomic E-state index is 15.9. The molecule has 2 aromatic rings. The van der Waals surface area contributed by atoms with E-state index < -0.39 is 17.1 Å². The summed E-state index contributed by atoms with van der Waals surface area (Å²) in [4.78, 5) is 24.3.